The van der Waals surface area contributed by atoms with Gasteiger partial charge in [0.05, 0.1) is 19.0 Å². The van der Waals surface area contributed by atoms with Gasteiger partial charge >= 0.3 is 0 Å². The van der Waals surface area contributed by atoms with E-state index in [2.05, 4.69) is 4.90 Å². The standard InChI is InChI=1S/C16H26N2O4/c1-17(2)16(20)13-5-7-18(8-6-13)10-14(19)11-21-12-15-4-3-9-22-15/h3-4,9,13-14,19H,5-8,10-12H2,1-2H3. The Hall–Kier alpha value is -1.37. The second-order valence-corrected chi connectivity index (χ2v) is 6.06. The number of nitrogens with zero attached hydrogens (tertiary/aromatic N) is 2. The first-order chi connectivity index (χ1) is 10.6. The summed E-state index contributed by atoms with van der Waals surface area (Å²) in [6.45, 7) is 2.95. The predicted molar refractivity (Wildman–Crippen MR) is 82.2 cm³/mol. The number of carbonyl (C=O) groups is 1. The van der Waals surface area contributed by atoms with Crippen LogP contribution in [-0.2, 0) is 16.1 Å². The van der Waals surface area contributed by atoms with Crippen LogP contribution >= 0.6 is 0 Å². The third kappa shape index (κ3) is 5.12. The summed E-state index contributed by atoms with van der Waals surface area (Å²) >= 11 is 0. The molecule has 1 aliphatic heterocycles. The molecule has 1 atom stereocenters. The number of rotatable bonds is 7. The molecule has 2 rings (SSSR count). The lowest BCUT2D eigenvalue weighted by Gasteiger charge is -2.33. The summed E-state index contributed by atoms with van der Waals surface area (Å²) in [5, 5.41) is 10.0. The van der Waals surface area contributed by atoms with Gasteiger partial charge in [-0.1, -0.05) is 0 Å². The molecule has 1 N–H and O–H groups in total. The molecule has 22 heavy (non-hydrogen) atoms. The summed E-state index contributed by atoms with van der Waals surface area (Å²) in [4.78, 5) is 15.8. The number of carbonyl (C=O) groups excluding carboxylic acids is 1. The lowest BCUT2D eigenvalue weighted by molar-refractivity contribution is -0.134. The number of furan rings is 1. The highest BCUT2D eigenvalue weighted by atomic mass is 16.5. The molecule has 0 aromatic carbocycles. The molecule has 1 aromatic heterocycles. The molecular weight excluding hydrogens is 284 g/mol. The van der Waals surface area contributed by atoms with Crippen LogP contribution in [0.4, 0.5) is 0 Å². The van der Waals surface area contributed by atoms with Crippen LogP contribution in [0.25, 0.3) is 0 Å². The summed E-state index contributed by atoms with van der Waals surface area (Å²) in [5.41, 5.74) is 0. The second kappa shape index (κ2) is 8.31. The first kappa shape index (κ1) is 17.0. The van der Waals surface area contributed by atoms with E-state index in [0.29, 0.717) is 13.2 Å². The van der Waals surface area contributed by atoms with Crippen molar-refractivity contribution in [3.63, 3.8) is 0 Å². The van der Waals surface area contributed by atoms with Gasteiger partial charge in [-0.25, -0.2) is 0 Å². The van der Waals surface area contributed by atoms with Crippen molar-refractivity contribution in [2.24, 2.45) is 5.92 Å². The summed E-state index contributed by atoms with van der Waals surface area (Å²) in [6, 6.07) is 3.66. The fourth-order valence-corrected chi connectivity index (χ4v) is 2.77. The SMILES string of the molecule is CN(C)C(=O)C1CCN(CC(O)COCc2ccco2)CC1. The van der Waals surface area contributed by atoms with Crippen LogP contribution in [0.15, 0.2) is 22.8 Å². The number of hydrogen-bond acceptors (Lipinski definition) is 5. The first-order valence-corrected chi connectivity index (χ1v) is 7.78. The Morgan fingerprint density at radius 3 is 2.82 bits per heavy atom. The van der Waals surface area contributed by atoms with E-state index in [1.165, 1.54) is 0 Å². The smallest absolute Gasteiger partial charge is 0.225 e. The number of aliphatic hydroxyl groups excluding tert-OH is 1. The normalized spacial score (nSPS) is 18.3. The first-order valence-electron chi connectivity index (χ1n) is 7.78. The molecular formula is C16H26N2O4. The topological polar surface area (TPSA) is 66.2 Å². The van der Waals surface area contributed by atoms with E-state index in [1.54, 1.807) is 25.3 Å². The van der Waals surface area contributed by atoms with Crippen LogP contribution in [-0.4, -0.2) is 67.3 Å². The van der Waals surface area contributed by atoms with Gasteiger partial charge in [0, 0.05) is 26.6 Å². The van der Waals surface area contributed by atoms with Crippen molar-refractivity contribution < 1.29 is 19.1 Å². The van der Waals surface area contributed by atoms with Crippen molar-refractivity contribution in [2.75, 3.05) is 40.3 Å². The molecule has 1 fully saturated rings. The van der Waals surface area contributed by atoms with Crippen LogP contribution in [0, 0.1) is 5.92 Å². The van der Waals surface area contributed by atoms with Crippen molar-refractivity contribution in [3.05, 3.63) is 24.2 Å². The zero-order valence-electron chi connectivity index (χ0n) is 13.4. The number of amides is 1. The van der Waals surface area contributed by atoms with Gasteiger partial charge in [0.15, 0.2) is 0 Å². The van der Waals surface area contributed by atoms with E-state index in [1.807, 2.05) is 12.1 Å². The van der Waals surface area contributed by atoms with Crippen LogP contribution in [0.5, 0.6) is 0 Å². The van der Waals surface area contributed by atoms with Gasteiger partial charge in [0.25, 0.3) is 0 Å². The summed E-state index contributed by atoms with van der Waals surface area (Å²) in [5.74, 6) is 1.09. The molecule has 1 saturated heterocycles. The molecule has 2 heterocycles. The summed E-state index contributed by atoms with van der Waals surface area (Å²) in [6.07, 6.45) is 2.80. The number of ether oxygens (including phenoxy) is 1. The van der Waals surface area contributed by atoms with Gasteiger partial charge in [-0.05, 0) is 38.1 Å². The molecule has 6 heteroatoms. The van der Waals surface area contributed by atoms with Crippen molar-refractivity contribution >= 4 is 5.91 Å². The average Bonchev–Trinajstić information content (AvgIpc) is 3.00. The van der Waals surface area contributed by atoms with E-state index >= 15 is 0 Å². The van der Waals surface area contributed by atoms with Gasteiger partial charge < -0.3 is 24.1 Å². The molecule has 1 amide bonds. The number of piperidine rings is 1. The van der Waals surface area contributed by atoms with Crippen LogP contribution in [0.1, 0.15) is 18.6 Å². The minimum Gasteiger partial charge on any atom is -0.467 e. The highest BCUT2D eigenvalue weighted by Gasteiger charge is 2.26. The van der Waals surface area contributed by atoms with Crippen LogP contribution in [0.3, 0.4) is 0 Å². The molecule has 0 bridgehead atoms. The van der Waals surface area contributed by atoms with E-state index in [0.717, 1.165) is 31.7 Å². The molecule has 1 unspecified atom stereocenters. The Morgan fingerprint density at radius 2 is 2.23 bits per heavy atom. The van der Waals surface area contributed by atoms with Gasteiger partial charge in [0.2, 0.25) is 5.91 Å². The van der Waals surface area contributed by atoms with Crippen molar-refractivity contribution in [1.29, 1.82) is 0 Å². The maximum atomic E-state index is 11.9. The number of hydrogen-bond donors (Lipinski definition) is 1. The van der Waals surface area contributed by atoms with Crippen molar-refractivity contribution in [3.8, 4) is 0 Å². The van der Waals surface area contributed by atoms with Gasteiger partial charge in [0.1, 0.15) is 12.4 Å². The number of likely N-dealkylation sites (tertiary alicyclic amines) is 1. The lowest BCUT2D eigenvalue weighted by atomic mass is 9.95. The Kier molecular flexibility index (Phi) is 6.42. The fourth-order valence-electron chi connectivity index (χ4n) is 2.77. The molecule has 124 valence electrons. The number of β-amino-alcohol motifs (C(OH)–C–C–N with tert-alkyl or cyclic N) is 1. The van der Waals surface area contributed by atoms with Gasteiger partial charge in [-0.2, -0.15) is 0 Å². The Labute approximate surface area is 131 Å². The van der Waals surface area contributed by atoms with Crippen molar-refractivity contribution in [1.82, 2.24) is 9.80 Å². The second-order valence-electron chi connectivity index (χ2n) is 6.06. The maximum absolute atomic E-state index is 11.9. The minimum atomic E-state index is -0.518. The van der Waals surface area contributed by atoms with E-state index < -0.39 is 6.10 Å². The third-order valence-corrected chi connectivity index (χ3v) is 3.98. The minimum absolute atomic E-state index is 0.124. The van der Waals surface area contributed by atoms with E-state index in [-0.39, 0.29) is 18.4 Å². The Morgan fingerprint density at radius 1 is 1.50 bits per heavy atom. The molecule has 6 nitrogen and oxygen atoms in total. The molecule has 1 aliphatic rings. The molecule has 1 aromatic rings. The van der Waals surface area contributed by atoms with Gasteiger partial charge in [-0.3, -0.25) is 4.79 Å². The maximum Gasteiger partial charge on any atom is 0.225 e. The lowest BCUT2D eigenvalue weighted by Crippen LogP contribution is -2.43. The van der Waals surface area contributed by atoms with Gasteiger partial charge in [-0.15, -0.1) is 0 Å². The zero-order chi connectivity index (χ0) is 15.9. The van der Waals surface area contributed by atoms with E-state index in [9.17, 15) is 9.90 Å². The summed E-state index contributed by atoms with van der Waals surface area (Å²) < 4.78 is 10.6. The zero-order valence-corrected chi connectivity index (χ0v) is 13.4. The summed E-state index contributed by atoms with van der Waals surface area (Å²) in [7, 11) is 3.60. The number of aliphatic hydroxyl groups is 1. The molecule has 0 saturated carbocycles. The monoisotopic (exact) mass is 310 g/mol. The Bertz CT molecular complexity index is 439. The quantitative estimate of drug-likeness (QED) is 0.812. The largest absolute Gasteiger partial charge is 0.467 e. The third-order valence-electron chi connectivity index (χ3n) is 3.98. The Balaban J connectivity index is 1.62. The van der Waals surface area contributed by atoms with Crippen LogP contribution in [0.2, 0.25) is 0 Å². The van der Waals surface area contributed by atoms with Crippen LogP contribution < -0.4 is 0 Å². The van der Waals surface area contributed by atoms with E-state index in [4.69, 9.17) is 9.15 Å². The molecule has 0 aliphatic carbocycles. The molecule has 0 radical (unpaired) electrons. The fraction of sp³-hybridized carbons (Fsp3) is 0.688. The highest BCUT2D eigenvalue weighted by molar-refractivity contribution is 5.78. The predicted octanol–water partition coefficient (Wildman–Crippen LogP) is 0.957. The van der Waals surface area contributed by atoms with Crippen molar-refractivity contribution in [2.45, 2.75) is 25.6 Å². The molecule has 0 spiro atoms. The average molecular weight is 310 g/mol. The highest BCUT2D eigenvalue weighted by Crippen LogP contribution is 2.19.